The van der Waals surface area contributed by atoms with Crippen molar-refractivity contribution in [1.29, 1.82) is 0 Å². The van der Waals surface area contributed by atoms with E-state index in [1.54, 1.807) is 0 Å². The van der Waals surface area contributed by atoms with Gasteiger partial charge in [-0.05, 0) is 53.4 Å². The summed E-state index contributed by atoms with van der Waals surface area (Å²) in [5.41, 5.74) is 4.19. The molecule has 0 aromatic carbocycles. The van der Waals surface area contributed by atoms with E-state index in [0.29, 0.717) is 6.04 Å². The van der Waals surface area contributed by atoms with Gasteiger partial charge in [0.1, 0.15) is 0 Å². The standard InChI is InChI=1S/C14H27N3/c1-7-17-11(2)8-14(13(17)4)10-15-9-12(3)16(5)6/h8,12,15H,7,9-10H2,1-6H3. The lowest BCUT2D eigenvalue weighted by Crippen LogP contribution is -2.35. The third-order valence-electron chi connectivity index (χ3n) is 3.63. The fourth-order valence-electron chi connectivity index (χ4n) is 2.14. The molecule has 0 bridgehead atoms. The SMILES string of the molecule is CCn1c(C)cc(CNCC(C)N(C)C)c1C. The lowest BCUT2D eigenvalue weighted by Gasteiger charge is -2.20. The Hall–Kier alpha value is -0.800. The molecule has 1 unspecified atom stereocenters. The van der Waals surface area contributed by atoms with Crippen molar-refractivity contribution < 1.29 is 0 Å². The molecular weight excluding hydrogens is 210 g/mol. The van der Waals surface area contributed by atoms with E-state index < -0.39 is 0 Å². The highest BCUT2D eigenvalue weighted by atomic mass is 15.1. The molecule has 0 aliphatic rings. The van der Waals surface area contributed by atoms with Crippen LogP contribution in [-0.2, 0) is 13.1 Å². The topological polar surface area (TPSA) is 20.2 Å². The summed E-state index contributed by atoms with van der Waals surface area (Å²) < 4.78 is 2.37. The van der Waals surface area contributed by atoms with Crippen LogP contribution in [-0.4, -0.2) is 36.1 Å². The minimum absolute atomic E-state index is 0.574. The van der Waals surface area contributed by atoms with Gasteiger partial charge in [0, 0.05) is 37.1 Å². The summed E-state index contributed by atoms with van der Waals surface area (Å²) in [5, 5.41) is 3.53. The Bertz CT molecular complexity index is 353. The van der Waals surface area contributed by atoms with E-state index in [2.05, 4.69) is 62.6 Å². The summed E-state index contributed by atoms with van der Waals surface area (Å²) in [7, 11) is 4.24. The lowest BCUT2D eigenvalue weighted by molar-refractivity contribution is 0.302. The molecule has 0 radical (unpaired) electrons. The Morgan fingerprint density at radius 2 is 2.00 bits per heavy atom. The maximum atomic E-state index is 3.53. The maximum Gasteiger partial charge on any atom is 0.0224 e. The number of nitrogens with zero attached hydrogens (tertiary/aromatic N) is 2. The van der Waals surface area contributed by atoms with E-state index in [-0.39, 0.29) is 0 Å². The molecule has 98 valence electrons. The predicted octanol–water partition coefficient (Wildman–Crippen LogP) is 2.16. The van der Waals surface area contributed by atoms with Crippen LogP contribution in [0.15, 0.2) is 6.07 Å². The van der Waals surface area contributed by atoms with Crippen molar-refractivity contribution in [1.82, 2.24) is 14.8 Å². The van der Waals surface area contributed by atoms with Crippen molar-refractivity contribution in [3.63, 3.8) is 0 Å². The van der Waals surface area contributed by atoms with Crippen LogP contribution in [0, 0.1) is 13.8 Å². The van der Waals surface area contributed by atoms with Crippen LogP contribution < -0.4 is 5.32 Å². The Kier molecular flexibility index (Phi) is 5.22. The quantitative estimate of drug-likeness (QED) is 0.818. The van der Waals surface area contributed by atoms with Crippen molar-refractivity contribution in [2.75, 3.05) is 20.6 Å². The minimum atomic E-state index is 0.574. The summed E-state index contributed by atoms with van der Waals surface area (Å²) in [4.78, 5) is 2.24. The zero-order chi connectivity index (χ0) is 13.0. The van der Waals surface area contributed by atoms with Gasteiger partial charge in [0.05, 0.1) is 0 Å². The summed E-state index contributed by atoms with van der Waals surface area (Å²) in [6.45, 7) is 11.9. The van der Waals surface area contributed by atoms with Gasteiger partial charge in [-0.3, -0.25) is 0 Å². The van der Waals surface area contributed by atoms with Crippen molar-refractivity contribution >= 4 is 0 Å². The van der Waals surface area contributed by atoms with E-state index in [1.165, 1.54) is 17.0 Å². The summed E-state index contributed by atoms with van der Waals surface area (Å²) in [6.07, 6.45) is 0. The molecule has 0 saturated carbocycles. The third-order valence-corrected chi connectivity index (χ3v) is 3.63. The number of rotatable bonds is 6. The van der Waals surface area contributed by atoms with Gasteiger partial charge in [0.2, 0.25) is 0 Å². The monoisotopic (exact) mass is 237 g/mol. The van der Waals surface area contributed by atoms with E-state index in [1.807, 2.05) is 0 Å². The van der Waals surface area contributed by atoms with Gasteiger partial charge in [0.15, 0.2) is 0 Å². The molecule has 0 fully saturated rings. The molecule has 1 rings (SSSR count). The van der Waals surface area contributed by atoms with Crippen LogP contribution in [0.3, 0.4) is 0 Å². The molecule has 0 saturated heterocycles. The van der Waals surface area contributed by atoms with Crippen LogP contribution in [0.2, 0.25) is 0 Å². The molecule has 1 N–H and O–H groups in total. The van der Waals surface area contributed by atoms with E-state index in [0.717, 1.165) is 19.6 Å². The molecule has 17 heavy (non-hydrogen) atoms. The highest BCUT2D eigenvalue weighted by molar-refractivity contribution is 5.26. The smallest absolute Gasteiger partial charge is 0.0224 e. The molecule has 1 aromatic rings. The predicted molar refractivity (Wildman–Crippen MR) is 74.4 cm³/mol. The van der Waals surface area contributed by atoms with Gasteiger partial charge in [-0.1, -0.05) is 0 Å². The zero-order valence-corrected chi connectivity index (χ0v) is 12.2. The third kappa shape index (κ3) is 3.58. The van der Waals surface area contributed by atoms with Gasteiger partial charge in [0.25, 0.3) is 0 Å². The normalized spacial score (nSPS) is 13.4. The first kappa shape index (κ1) is 14.3. The zero-order valence-electron chi connectivity index (χ0n) is 12.2. The fraction of sp³-hybridized carbons (Fsp3) is 0.714. The van der Waals surface area contributed by atoms with E-state index in [4.69, 9.17) is 0 Å². The van der Waals surface area contributed by atoms with Gasteiger partial charge >= 0.3 is 0 Å². The summed E-state index contributed by atoms with van der Waals surface area (Å²) in [5.74, 6) is 0. The number of hydrogen-bond donors (Lipinski definition) is 1. The molecule has 0 aliphatic carbocycles. The van der Waals surface area contributed by atoms with E-state index in [9.17, 15) is 0 Å². The number of aromatic nitrogens is 1. The van der Waals surface area contributed by atoms with Crippen molar-refractivity contribution in [2.24, 2.45) is 0 Å². The van der Waals surface area contributed by atoms with Crippen LogP contribution in [0.1, 0.15) is 30.8 Å². The first-order valence-electron chi connectivity index (χ1n) is 6.50. The van der Waals surface area contributed by atoms with Crippen LogP contribution >= 0.6 is 0 Å². The van der Waals surface area contributed by atoms with Gasteiger partial charge in [-0.25, -0.2) is 0 Å². The molecule has 3 heteroatoms. The van der Waals surface area contributed by atoms with Crippen molar-refractivity contribution in [3.05, 3.63) is 23.0 Å². The van der Waals surface area contributed by atoms with Crippen LogP contribution in [0.5, 0.6) is 0 Å². The summed E-state index contributed by atoms with van der Waals surface area (Å²) in [6, 6.07) is 2.87. The number of hydrogen-bond acceptors (Lipinski definition) is 2. The molecule has 1 heterocycles. The number of likely N-dealkylation sites (N-methyl/N-ethyl adjacent to an activating group) is 1. The van der Waals surface area contributed by atoms with Crippen molar-refractivity contribution in [2.45, 2.75) is 46.8 Å². The Balaban J connectivity index is 2.53. The molecule has 1 aromatic heterocycles. The maximum absolute atomic E-state index is 3.53. The Morgan fingerprint density at radius 1 is 1.35 bits per heavy atom. The fourth-order valence-corrected chi connectivity index (χ4v) is 2.14. The molecule has 3 nitrogen and oxygen atoms in total. The molecule has 0 aliphatic heterocycles. The Labute approximate surface area is 106 Å². The second-order valence-corrected chi connectivity index (χ2v) is 5.08. The van der Waals surface area contributed by atoms with Crippen LogP contribution in [0.4, 0.5) is 0 Å². The van der Waals surface area contributed by atoms with Gasteiger partial charge < -0.3 is 14.8 Å². The second kappa shape index (κ2) is 6.22. The minimum Gasteiger partial charge on any atom is -0.349 e. The van der Waals surface area contributed by atoms with Crippen LogP contribution in [0.25, 0.3) is 0 Å². The average Bonchev–Trinajstić information content (AvgIpc) is 2.53. The number of aryl methyl sites for hydroxylation is 1. The highest BCUT2D eigenvalue weighted by Crippen LogP contribution is 2.14. The largest absolute Gasteiger partial charge is 0.349 e. The Morgan fingerprint density at radius 3 is 2.47 bits per heavy atom. The van der Waals surface area contributed by atoms with Crippen molar-refractivity contribution in [3.8, 4) is 0 Å². The second-order valence-electron chi connectivity index (χ2n) is 5.08. The average molecular weight is 237 g/mol. The van der Waals surface area contributed by atoms with E-state index >= 15 is 0 Å². The highest BCUT2D eigenvalue weighted by Gasteiger charge is 2.08. The molecular formula is C14H27N3. The molecule has 0 spiro atoms. The first-order chi connectivity index (χ1) is 7.97. The first-order valence-corrected chi connectivity index (χ1v) is 6.50. The molecule has 1 atom stereocenters. The van der Waals surface area contributed by atoms with Gasteiger partial charge in [-0.15, -0.1) is 0 Å². The number of nitrogens with one attached hydrogen (secondary N) is 1. The summed E-state index contributed by atoms with van der Waals surface area (Å²) >= 11 is 0. The lowest BCUT2D eigenvalue weighted by atomic mass is 10.2. The molecule has 0 amide bonds. The van der Waals surface area contributed by atoms with Gasteiger partial charge in [-0.2, -0.15) is 0 Å².